The van der Waals surface area contributed by atoms with E-state index in [-0.39, 0.29) is 11.5 Å². The monoisotopic (exact) mass is 400 g/mol. The van der Waals surface area contributed by atoms with E-state index in [1.807, 2.05) is 0 Å². The Balaban J connectivity index is 1.99. The van der Waals surface area contributed by atoms with E-state index in [0.29, 0.717) is 22.9 Å². The summed E-state index contributed by atoms with van der Waals surface area (Å²) in [5.41, 5.74) is 4.91. The van der Waals surface area contributed by atoms with E-state index in [4.69, 9.17) is 0 Å². The molecule has 0 aliphatic carbocycles. The summed E-state index contributed by atoms with van der Waals surface area (Å²) in [5, 5.41) is 20.1. The second-order valence-electron chi connectivity index (χ2n) is 5.23. The number of pyridine rings is 2. The van der Waals surface area contributed by atoms with Gasteiger partial charge in [0.1, 0.15) is 11.5 Å². The fourth-order valence-electron chi connectivity index (χ4n) is 2.18. The molecule has 0 aliphatic rings. The summed E-state index contributed by atoms with van der Waals surface area (Å²) >= 11 is 8.60. The first-order valence-corrected chi connectivity index (χ1v) is 11.0. The molecule has 0 fully saturated rings. The molecule has 4 nitrogen and oxygen atoms in total. The Morgan fingerprint density at radius 2 is 1.21 bits per heavy atom. The maximum Gasteiger partial charge on any atom is 0.141 e. The van der Waals surface area contributed by atoms with Crippen molar-refractivity contribution < 1.29 is 10.2 Å². The molecule has 0 saturated heterocycles. The molecule has 2 aromatic heterocycles. The standard InChI is InChI=1S/C16H20N2O2S4/c1-9-15(19)13(5-21)11(3-17-9)7-23-24-8-12-4-18-10(2)16(20)14(12)6-22/h3-4,19-22H,5-8H2,1-2H3. The Morgan fingerprint density at radius 3 is 1.54 bits per heavy atom. The van der Waals surface area contributed by atoms with Crippen LogP contribution in [0.5, 0.6) is 11.5 Å². The SMILES string of the molecule is Cc1ncc(CSSCc2cnc(C)c(O)c2CS)c(CS)c1O. The van der Waals surface area contributed by atoms with E-state index >= 15 is 0 Å². The van der Waals surface area contributed by atoms with Crippen LogP contribution in [0.15, 0.2) is 12.4 Å². The quantitative estimate of drug-likeness (QED) is 0.313. The predicted octanol–water partition coefficient (Wildman–Crippen LogP) is 4.45. The highest BCUT2D eigenvalue weighted by Gasteiger charge is 2.12. The van der Waals surface area contributed by atoms with E-state index in [0.717, 1.165) is 33.8 Å². The summed E-state index contributed by atoms with van der Waals surface area (Å²) in [4.78, 5) is 8.43. The van der Waals surface area contributed by atoms with Crippen LogP contribution in [-0.2, 0) is 23.0 Å². The van der Waals surface area contributed by atoms with Crippen LogP contribution in [0.4, 0.5) is 0 Å². The van der Waals surface area contributed by atoms with E-state index < -0.39 is 0 Å². The smallest absolute Gasteiger partial charge is 0.141 e. The van der Waals surface area contributed by atoms with Gasteiger partial charge in [-0.3, -0.25) is 9.97 Å². The third-order valence-corrected chi connectivity index (χ3v) is 6.55. The van der Waals surface area contributed by atoms with Crippen molar-refractivity contribution >= 4 is 46.8 Å². The largest absolute Gasteiger partial charge is 0.506 e. The average molecular weight is 401 g/mol. The molecule has 0 unspecified atom stereocenters. The highest BCUT2D eigenvalue weighted by molar-refractivity contribution is 8.76. The molecule has 0 aliphatic heterocycles. The lowest BCUT2D eigenvalue weighted by Gasteiger charge is -2.12. The predicted molar refractivity (Wildman–Crippen MR) is 109 cm³/mol. The van der Waals surface area contributed by atoms with E-state index in [2.05, 4.69) is 35.2 Å². The van der Waals surface area contributed by atoms with Gasteiger partial charge >= 0.3 is 0 Å². The number of aromatic nitrogens is 2. The Bertz CT molecular complexity index is 664. The van der Waals surface area contributed by atoms with Crippen LogP contribution in [0.2, 0.25) is 0 Å². The van der Waals surface area contributed by atoms with Crippen LogP contribution < -0.4 is 0 Å². The van der Waals surface area contributed by atoms with Crippen LogP contribution in [0, 0.1) is 13.8 Å². The lowest BCUT2D eigenvalue weighted by Crippen LogP contribution is -1.96. The summed E-state index contributed by atoms with van der Waals surface area (Å²) < 4.78 is 0. The topological polar surface area (TPSA) is 66.2 Å². The molecule has 0 radical (unpaired) electrons. The Hall–Kier alpha value is -0.700. The van der Waals surface area contributed by atoms with Crippen LogP contribution in [0.3, 0.4) is 0 Å². The molecule has 24 heavy (non-hydrogen) atoms. The van der Waals surface area contributed by atoms with E-state index in [1.165, 1.54) is 0 Å². The second-order valence-corrected chi connectivity index (χ2v) is 8.33. The van der Waals surface area contributed by atoms with Crippen LogP contribution in [0.25, 0.3) is 0 Å². The van der Waals surface area contributed by atoms with Gasteiger partial charge in [0.05, 0.1) is 11.4 Å². The molecule has 130 valence electrons. The van der Waals surface area contributed by atoms with Crippen molar-refractivity contribution in [2.75, 3.05) is 0 Å². The molecule has 2 N–H and O–H groups in total. The van der Waals surface area contributed by atoms with Gasteiger partial charge in [0, 0.05) is 46.5 Å². The molecule has 8 heteroatoms. The Labute approximate surface area is 161 Å². The molecule has 0 atom stereocenters. The lowest BCUT2D eigenvalue weighted by molar-refractivity contribution is 0.461. The number of rotatable bonds is 7. The second kappa shape index (κ2) is 9.12. The Kier molecular flexibility index (Phi) is 7.46. The summed E-state index contributed by atoms with van der Waals surface area (Å²) in [5.74, 6) is 2.88. The maximum absolute atomic E-state index is 10.1. The molecule has 2 rings (SSSR count). The molecule has 0 aromatic carbocycles. The zero-order valence-corrected chi connectivity index (χ0v) is 16.9. The van der Waals surface area contributed by atoms with Gasteiger partial charge in [-0.2, -0.15) is 25.3 Å². The number of thiol groups is 2. The van der Waals surface area contributed by atoms with Gasteiger partial charge in [-0.15, -0.1) is 0 Å². The number of aromatic hydroxyl groups is 2. The summed E-state index contributed by atoms with van der Waals surface area (Å²) in [7, 11) is 3.34. The van der Waals surface area contributed by atoms with Crippen molar-refractivity contribution in [3.8, 4) is 11.5 Å². The van der Waals surface area contributed by atoms with Crippen molar-refractivity contribution in [3.63, 3.8) is 0 Å². The zero-order chi connectivity index (χ0) is 17.7. The Morgan fingerprint density at radius 1 is 0.833 bits per heavy atom. The van der Waals surface area contributed by atoms with Crippen LogP contribution in [-0.4, -0.2) is 20.2 Å². The first-order chi connectivity index (χ1) is 11.5. The third kappa shape index (κ3) is 4.47. The number of hydrogen-bond donors (Lipinski definition) is 4. The first-order valence-electron chi connectivity index (χ1n) is 7.28. The maximum atomic E-state index is 10.1. The van der Waals surface area contributed by atoms with E-state index in [1.54, 1.807) is 47.8 Å². The minimum atomic E-state index is 0.234. The zero-order valence-electron chi connectivity index (χ0n) is 13.5. The number of nitrogens with zero attached hydrogens (tertiary/aromatic N) is 2. The summed E-state index contributed by atoms with van der Waals surface area (Å²) in [6.45, 7) is 3.56. The minimum absolute atomic E-state index is 0.234. The van der Waals surface area contributed by atoms with Crippen molar-refractivity contribution in [1.82, 2.24) is 9.97 Å². The molecular weight excluding hydrogens is 380 g/mol. The van der Waals surface area contributed by atoms with Crippen LogP contribution >= 0.6 is 46.8 Å². The summed E-state index contributed by atoms with van der Waals surface area (Å²) in [6.07, 6.45) is 3.60. The van der Waals surface area contributed by atoms with Crippen LogP contribution in [0.1, 0.15) is 33.6 Å². The lowest BCUT2D eigenvalue weighted by atomic mass is 10.1. The fraction of sp³-hybridized carbons (Fsp3) is 0.375. The van der Waals surface area contributed by atoms with Gasteiger partial charge in [0.2, 0.25) is 0 Å². The molecule has 0 amide bonds. The first kappa shape index (κ1) is 19.6. The van der Waals surface area contributed by atoms with Gasteiger partial charge in [-0.25, -0.2) is 0 Å². The molecule has 0 bridgehead atoms. The third-order valence-electron chi connectivity index (χ3n) is 3.69. The number of aryl methyl sites for hydroxylation is 2. The van der Waals surface area contributed by atoms with E-state index in [9.17, 15) is 10.2 Å². The van der Waals surface area contributed by atoms with Crippen molar-refractivity contribution in [2.45, 2.75) is 36.9 Å². The normalized spacial score (nSPS) is 11.0. The van der Waals surface area contributed by atoms with Gasteiger partial charge in [0.15, 0.2) is 0 Å². The molecule has 2 heterocycles. The summed E-state index contributed by atoms with van der Waals surface area (Å²) in [6, 6.07) is 0. The molecule has 0 spiro atoms. The fourth-order valence-corrected chi connectivity index (χ4v) is 5.07. The minimum Gasteiger partial charge on any atom is -0.506 e. The molecule has 0 saturated carbocycles. The average Bonchev–Trinajstić information content (AvgIpc) is 2.58. The van der Waals surface area contributed by atoms with Gasteiger partial charge < -0.3 is 10.2 Å². The van der Waals surface area contributed by atoms with Gasteiger partial charge in [-0.1, -0.05) is 21.6 Å². The van der Waals surface area contributed by atoms with Crippen molar-refractivity contribution in [3.05, 3.63) is 46.0 Å². The van der Waals surface area contributed by atoms with Gasteiger partial charge in [-0.05, 0) is 25.0 Å². The molecular formula is C16H20N2O2S4. The van der Waals surface area contributed by atoms with Crippen molar-refractivity contribution in [2.24, 2.45) is 0 Å². The number of hydrogen-bond acceptors (Lipinski definition) is 8. The van der Waals surface area contributed by atoms with Gasteiger partial charge in [0.25, 0.3) is 0 Å². The highest BCUT2D eigenvalue weighted by Crippen LogP contribution is 2.35. The van der Waals surface area contributed by atoms with Crippen molar-refractivity contribution in [1.29, 1.82) is 0 Å². The highest BCUT2D eigenvalue weighted by atomic mass is 33.1. The molecule has 2 aromatic rings.